The Labute approximate surface area is 328 Å². The first-order valence-corrected chi connectivity index (χ1v) is 18.3. The number of benzene rings is 7. The molecular weight excluding hydrogens is 739 g/mol. The van der Waals surface area contributed by atoms with E-state index in [1.165, 1.54) is 24.3 Å². The molecule has 58 heavy (non-hydrogen) atoms. The quantitative estimate of drug-likeness (QED) is 0.151. The van der Waals surface area contributed by atoms with Crippen LogP contribution in [0.5, 0.6) is 0 Å². The summed E-state index contributed by atoms with van der Waals surface area (Å²) in [5, 5.41) is 0. The lowest BCUT2D eigenvalue weighted by Crippen LogP contribution is -2.05. The third-order valence-electron chi connectivity index (χ3n) is 9.82. The van der Waals surface area contributed by atoms with E-state index in [9.17, 15) is 17.6 Å². The van der Waals surface area contributed by atoms with Crippen molar-refractivity contribution in [1.29, 1.82) is 0 Å². The van der Waals surface area contributed by atoms with Crippen molar-refractivity contribution in [3.63, 3.8) is 0 Å². The Morgan fingerprint density at radius 1 is 0.328 bits per heavy atom. The Morgan fingerprint density at radius 2 is 0.690 bits per heavy atom. The summed E-state index contributed by atoms with van der Waals surface area (Å²) in [5.74, 6) is -1.08. The topological polar surface area (TPSA) is 74.3 Å². The van der Waals surface area contributed by atoms with Crippen LogP contribution in [-0.4, -0.2) is 34.1 Å². The Balaban J connectivity index is 1.22. The molecule has 0 fully saturated rings. The van der Waals surface area contributed by atoms with E-state index < -0.39 is 23.3 Å². The third-order valence-corrected chi connectivity index (χ3v) is 9.82. The van der Waals surface area contributed by atoms with Crippen LogP contribution in [0.1, 0.15) is 0 Å². The molecule has 0 radical (unpaired) electrons. The van der Waals surface area contributed by atoms with E-state index in [2.05, 4.69) is 0 Å². The lowest BCUT2D eigenvalue weighted by Gasteiger charge is -2.15. The van der Waals surface area contributed by atoms with Gasteiger partial charge in [-0.3, -0.25) is 9.13 Å². The molecular formula is C47H27F4N7. The second kappa shape index (κ2) is 14.1. The van der Waals surface area contributed by atoms with Gasteiger partial charge in [0.25, 0.3) is 0 Å². The smallest absolute Gasteiger partial charge is 0.164 e. The molecule has 278 valence electrons. The van der Waals surface area contributed by atoms with Gasteiger partial charge < -0.3 is 0 Å². The van der Waals surface area contributed by atoms with Gasteiger partial charge in [0.15, 0.2) is 17.5 Å². The Kier molecular flexibility index (Phi) is 8.40. The monoisotopic (exact) mass is 765 g/mol. The summed E-state index contributed by atoms with van der Waals surface area (Å²) in [4.78, 5) is 25.1. The first-order chi connectivity index (χ1) is 28.4. The van der Waals surface area contributed by atoms with Crippen molar-refractivity contribution < 1.29 is 17.6 Å². The number of nitrogens with zero attached hydrogens (tertiary/aromatic N) is 7. The lowest BCUT2D eigenvalue weighted by molar-refractivity contribution is 0.581. The average Bonchev–Trinajstić information content (AvgIpc) is 3.83. The first-order valence-electron chi connectivity index (χ1n) is 18.3. The predicted octanol–water partition coefficient (Wildman–Crippen LogP) is 11.4. The number of imidazole rings is 2. The van der Waals surface area contributed by atoms with E-state index in [0.717, 1.165) is 17.7 Å². The summed E-state index contributed by atoms with van der Waals surface area (Å²) in [7, 11) is 0. The number of fused-ring (bicyclic) bond motifs is 2. The minimum Gasteiger partial charge on any atom is -0.292 e. The highest BCUT2D eigenvalue weighted by molar-refractivity contribution is 5.90. The number of hydrogen-bond donors (Lipinski definition) is 0. The van der Waals surface area contributed by atoms with Gasteiger partial charge in [-0.2, -0.15) is 0 Å². The Bertz CT molecular complexity index is 2960. The van der Waals surface area contributed by atoms with Crippen molar-refractivity contribution in [2.45, 2.75) is 0 Å². The van der Waals surface area contributed by atoms with Gasteiger partial charge in [0.1, 0.15) is 34.9 Å². The van der Waals surface area contributed by atoms with Crippen molar-refractivity contribution in [3.05, 3.63) is 187 Å². The molecule has 0 saturated heterocycles. The zero-order valence-corrected chi connectivity index (χ0v) is 30.2. The van der Waals surface area contributed by atoms with E-state index in [1.54, 1.807) is 9.13 Å². The highest BCUT2D eigenvalue weighted by atomic mass is 19.1. The molecule has 11 heteroatoms. The largest absolute Gasteiger partial charge is 0.292 e. The molecule has 10 aromatic rings. The van der Waals surface area contributed by atoms with Gasteiger partial charge in [-0.1, -0.05) is 103 Å². The lowest BCUT2D eigenvalue weighted by atomic mass is 10.0. The van der Waals surface area contributed by atoms with Gasteiger partial charge in [0.2, 0.25) is 0 Å². The van der Waals surface area contributed by atoms with Crippen LogP contribution in [0, 0.1) is 23.3 Å². The molecule has 3 heterocycles. The van der Waals surface area contributed by atoms with Crippen LogP contribution in [0.2, 0.25) is 0 Å². The highest BCUT2D eigenvalue weighted by Crippen LogP contribution is 2.38. The summed E-state index contributed by atoms with van der Waals surface area (Å²) in [5.41, 5.74) is 6.13. The molecule has 0 aliphatic heterocycles. The molecule has 0 bridgehead atoms. The van der Waals surface area contributed by atoms with Crippen LogP contribution < -0.4 is 0 Å². The maximum atomic E-state index is 14.7. The minimum absolute atomic E-state index is 0.257. The zero-order valence-electron chi connectivity index (χ0n) is 30.2. The predicted molar refractivity (Wildman–Crippen MR) is 216 cm³/mol. The number of hydrogen-bond acceptors (Lipinski definition) is 5. The van der Waals surface area contributed by atoms with E-state index in [0.29, 0.717) is 73.4 Å². The van der Waals surface area contributed by atoms with Crippen LogP contribution in [0.3, 0.4) is 0 Å². The van der Waals surface area contributed by atoms with E-state index in [1.807, 2.05) is 127 Å². The molecule has 0 atom stereocenters. The second-order valence-corrected chi connectivity index (χ2v) is 13.5. The average molecular weight is 766 g/mol. The van der Waals surface area contributed by atoms with Crippen LogP contribution in [0.15, 0.2) is 164 Å². The molecule has 0 aliphatic carbocycles. The van der Waals surface area contributed by atoms with E-state index in [-0.39, 0.29) is 11.4 Å². The van der Waals surface area contributed by atoms with Crippen molar-refractivity contribution in [3.8, 4) is 68.3 Å². The normalized spacial score (nSPS) is 11.4. The molecule has 0 amide bonds. The maximum absolute atomic E-state index is 14.7. The van der Waals surface area contributed by atoms with Gasteiger partial charge in [0.05, 0.1) is 33.4 Å². The van der Waals surface area contributed by atoms with Crippen molar-refractivity contribution in [2.24, 2.45) is 0 Å². The fourth-order valence-electron chi connectivity index (χ4n) is 7.35. The van der Waals surface area contributed by atoms with Crippen molar-refractivity contribution in [2.75, 3.05) is 0 Å². The summed E-state index contributed by atoms with van der Waals surface area (Å²) < 4.78 is 62.4. The summed E-state index contributed by atoms with van der Waals surface area (Å²) in [6, 6.07) is 45.8. The molecule has 7 nitrogen and oxygen atoms in total. The van der Waals surface area contributed by atoms with Gasteiger partial charge in [-0.05, 0) is 48.5 Å². The first kappa shape index (κ1) is 34.7. The molecule has 10 rings (SSSR count). The van der Waals surface area contributed by atoms with Crippen LogP contribution in [0.4, 0.5) is 17.6 Å². The molecule has 0 unspecified atom stereocenters. The number of para-hydroxylation sites is 4. The molecule has 0 saturated carbocycles. The highest BCUT2D eigenvalue weighted by Gasteiger charge is 2.24. The SMILES string of the molecule is Fc1cc(F)cc(-n2c(-c3ccccc3-c3nc(-c4ccccc4)nc(-c4ccccc4-c4nc5ccccc5n4-c4cc(F)cc(F)c4)n3)nc3ccccc32)c1. The van der Waals surface area contributed by atoms with Gasteiger partial charge in [-0.15, -0.1) is 0 Å². The molecule has 0 N–H and O–H groups in total. The summed E-state index contributed by atoms with van der Waals surface area (Å²) in [6.07, 6.45) is 0. The van der Waals surface area contributed by atoms with Crippen LogP contribution in [0.25, 0.3) is 90.4 Å². The molecule has 0 spiro atoms. The summed E-state index contributed by atoms with van der Waals surface area (Å²) >= 11 is 0. The van der Waals surface area contributed by atoms with E-state index >= 15 is 0 Å². The molecule has 7 aromatic carbocycles. The van der Waals surface area contributed by atoms with Crippen molar-refractivity contribution in [1.82, 2.24) is 34.1 Å². The van der Waals surface area contributed by atoms with Gasteiger partial charge in [0, 0.05) is 39.9 Å². The second-order valence-electron chi connectivity index (χ2n) is 13.5. The number of rotatable bonds is 7. The standard InChI is InChI=1S/C47H27F4N7/c48-29-22-30(49)25-33(24-29)57-41-20-10-8-18-39(41)52-46(57)37-16-6-4-14-35(37)44-54-43(28-12-2-1-3-13-28)55-45(56-44)36-15-5-7-17-38(36)47-53-40-19-9-11-21-42(40)58(47)34-26-31(50)23-32(51)27-34/h1-27H. The Morgan fingerprint density at radius 3 is 1.14 bits per heavy atom. The fourth-order valence-corrected chi connectivity index (χ4v) is 7.35. The Hall–Kier alpha value is -7.79. The van der Waals surface area contributed by atoms with Gasteiger partial charge >= 0.3 is 0 Å². The zero-order chi connectivity index (χ0) is 39.3. The molecule has 0 aliphatic rings. The number of halogens is 4. The van der Waals surface area contributed by atoms with Crippen molar-refractivity contribution >= 4 is 22.1 Å². The minimum atomic E-state index is -0.726. The fraction of sp³-hybridized carbons (Fsp3) is 0. The van der Waals surface area contributed by atoms with Crippen LogP contribution in [-0.2, 0) is 0 Å². The van der Waals surface area contributed by atoms with Crippen LogP contribution >= 0.6 is 0 Å². The maximum Gasteiger partial charge on any atom is 0.164 e. The van der Waals surface area contributed by atoms with Gasteiger partial charge in [-0.25, -0.2) is 42.5 Å². The third kappa shape index (κ3) is 6.15. The number of aromatic nitrogens is 7. The molecule has 3 aromatic heterocycles. The summed E-state index contributed by atoms with van der Waals surface area (Å²) in [6.45, 7) is 0. The van der Waals surface area contributed by atoms with E-state index in [4.69, 9.17) is 24.9 Å².